The smallest absolute Gasteiger partial charge is 0.305 e. The number of aromatic amines is 1. The maximum absolute atomic E-state index is 12.2. The van der Waals surface area contributed by atoms with E-state index in [-0.39, 0.29) is 22.1 Å². The number of hydrogen-bond donors (Lipinski definition) is 3. The lowest BCUT2D eigenvalue weighted by molar-refractivity contribution is 0.480. The quantitative estimate of drug-likeness (QED) is 0.337. The second kappa shape index (κ2) is 11.5. The van der Waals surface area contributed by atoms with E-state index in [0.29, 0.717) is 11.9 Å². The molecular formula is C23H30N2O4S2. The molecule has 0 aliphatic heterocycles. The second-order valence-corrected chi connectivity index (χ2v) is 11.1. The molecule has 6 nitrogen and oxygen atoms in total. The Hall–Kier alpha value is -2.16. The van der Waals surface area contributed by atoms with Crippen LogP contribution in [0.4, 0.5) is 0 Å². The van der Waals surface area contributed by atoms with E-state index in [9.17, 15) is 18.3 Å². The summed E-state index contributed by atoms with van der Waals surface area (Å²) >= 11 is 1.13. The highest BCUT2D eigenvalue weighted by molar-refractivity contribution is 7.91. The molecule has 2 aromatic carbocycles. The summed E-state index contributed by atoms with van der Waals surface area (Å²) < 4.78 is 25.2. The van der Waals surface area contributed by atoms with E-state index < -0.39 is 9.84 Å². The van der Waals surface area contributed by atoms with Crippen LogP contribution in [0.1, 0.15) is 36.8 Å². The van der Waals surface area contributed by atoms with E-state index >= 15 is 0 Å². The molecule has 31 heavy (non-hydrogen) atoms. The van der Waals surface area contributed by atoms with E-state index in [2.05, 4.69) is 10.3 Å². The van der Waals surface area contributed by atoms with Crippen molar-refractivity contribution in [3.8, 4) is 5.75 Å². The summed E-state index contributed by atoms with van der Waals surface area (Å²) in [4.78, 5) is 14.1. The first-order chi connectivity index (χ1) is 14.9. The monoisotopic (exact) mass is 462 g/mol. The average Bonchev–Trinajstić information content (AvgIpc) is 3.16. The lowest BCUT2D eigenvalue weighted by Gasteiger charge is -2.07. The molecule has 3 aromatic rings. The van der Waals surface area contributed by atoms with Crippen molar-refractivity contribution >= 4 is 31.4 Å². The first-order valence-corrected chi connectivity index (χ1v) is 13.4. The molecule has 0 unspecified atom stereocenters. The number of phenolic OH excluding ortho intramolecular Hbond substituents is 1. The Bertz CT molecular complexity index is 1120. The molecule has 168 valence electrons. The number of hydrogen-bond acceptors (Lipinski definition) is 6. The van der Waals surface area contributed by atoms with Crippen molar-refractivity contribution in [1.82, 2.24) is 10.3 Å². The minimum atomic E-state index is -2.99. The number of fused-ring (bicyclic) bond motifs is 1. The van der Waals surface area contributed by atoms with Crippen molar-refractivity contribution in [2.45, 2.75) is 38.5 Å². The average molecular weight is 463 g/mol. The van der Waals surface area contributed by atoms with Gasteiger partial charge in [-0.25, -0.2) is 8.42 Å². The van der Waals surface area contributed by atoms with Gasteiger partial charge in [0.25, 0.3) is 0 Å². The molecule has 1 heterocycles. The van der Waals surface area contributed by atoms with E-state index in [0.717, 1.165) is 72.4 Å². The number of sulfone groups is 1. The third-order valence-electron chi connectivity index (χ3n) is 5.31. The summed E-state index contributed by atoms with van der Waals surface area (Å²) in [6.07, 6.45) is 5.01. The van der Waals surface area contributed by atoms with Gasteiger partial charge in [-0.1, -0.05) is 60.6 Å². The fourth-order valence-electron chi connectivity index (χ4n) is 3.56. The molecule has 0 saturated carbocycles. The number of aryl methyl sites for hydroxylation is 1. The molecule has 3 N–H and O–H groups in total. The van der Waals surface area contributed by atoms with Crippen molar-refractivity contribution in [3.05, 3.63) is 63.3 Å². The molecule has 0 atom stereocenters. The molecule has 0 fully saturated rings. The van der Waals surface area contributed by atoms with Crippen LogP contribution in [0.25, 0.3) is 10.2 Å². The molecule has 8 heteroatoms. The highest BCUT2D eigenvalue weighted by Gasteiger charge is 2.11. The Morgan fingerprint density at radius 3 is 2.48 bits per heavy atom. The van der Waals surface area contributed by atoms with Crippen LogP contribution in [0, 0.1) is 0 Å². The van der Waals surface area contributed by atoms with Gasteiger partial charge in [-0.2, -0.15) is 0 Å². The van der Waals surface area contributed by atoms with Gasteiger partial charge in [-0.3, -0.25) is 4.79 Å². The maximum Gasteiger partial charge on any atom is 0.305 e. The molecule has 0 aliphatic rings. The Kier molecular flexibility index (Phi) is 8.69. The van der Waals surface area contributed by atoms with Crippen LogP contribution in [0.5, 0.6) is 5.75 Å². The number of aromatic nitrogens is 1. The minimum absolute atomic E-state index is 0.104. The SMILES string of the molecule is O=c1[nH]c2c(O)ccc(CCNCCCCCCS(=O)(=O)CCc3ccccc3)c2s1. The Labute approximate surface area is 187 Å². The lowest BCUT2D eigenvalue weighted by atomic mass is 10.1. The van der Waals surface area contributed by atoms with Crippen LogP contribution in [-0.4, -0.2) is 43.1 Å². The number of unbranched alkanes of at least 4 members (excludes halogenated alkanes) is 3. The van der Waals surface area contributed by atoms with Gasteiger partial charge in [-0.05, 0) is 56.0 Å². The van der Waals surface area contributed by atoms with E-state index in [1.807, 2.05) is 36.4 Å². The minimum Gasteiger partial charge on any atom is -0.506 e. The molecule has 1 aromatic heterocycles. The fourth-order valence-corrected chi connectivity index (χ4v) is 5.86. The zero-order valence-electron chi connectivity index (χ0n) is 17.6. The standard InChI is InChI=1S/C23H30N2O4S2/c26-20-11-10-19(22-21(20)25-23(27)30-22)12-15-24-14-6-1-2-7-16-31(28,29)17-13-18-8-4-3-5-9-18/h3-5,8-11,24,26H,1-2,6-7,12-17H2,(H,25,27). The number of aromatic hydroxyl groups is 1. The maximum atomic E-state index is 12.2. The molecular weight excluding hydrogens is 432 g/mol. The summed E-state index contributed by atoms with van der Waals surface area (Å²) in [5, 5.41) is 13.2. The van der Waals surface area contributed by atoms with Gasteiger partial charge in [0.2, 0.25) is 0 Å². The molecule has 0 bridgehead atoms. The van der Waals surface area contributed by atoms with Crippen molar-refractivity contribution in [1.29, 1.82) is 0 Å². The summed E-state index contributed by atoms with van der Waals surface area (Å²) in [5.41, 5.74) is 2.63. The highest BCUT2D eigenvalue weighted by Crippen LogP contribution is 2.27. The van der Waals surface area contributed by atoms with Gasteiger partial charge in [0.15, 0.2) is 9.84 Å². The molecule has 0 radical (unpaired) electrons. The molecule has 3 rings (SSSR count). The first-order valence-electron chi connectivity index (χ1n) is 10.7. The van der Waals surface area contributed by atoms with Crippen LogP contribution in [0.15, 0.2) is 47.3 Å². The molecule has 0 amide bonds. The Balaban J connectivity index is 1.26. The predicted molar refractivity (Wildman–Crippen MR) is 128 cm³/mol. The summed E-state index contributed by atoms with van der Waals surface area (Å²) in [6, 6.07) is 13.2. The van der Waals surface area contributed by atoms with E-state index in [1.54, 1.807) is 6.07 Å². The van der Waals surface area contributed by atoms with Gasteiger partial charge < -0.3 is 15.4 Å². The second-order valence-electron chi connectivity index (χ2n) is 7.76. The van der Waals surface area contributed by atoms with Gasteiger partial charge in [0, 0.05) is 0 Å². The van der Waals surface area contributed by atoms with Crippen molar-refractivity contribution in [2.75, 3.05) is 24.6 Å². The van der Waals surface area contributed by atoms with Crippen LogP contribution >= 0.6 is 11.3 Å². The van der Waals surface area contributed by atoms with Crippen molar-refractivity contribution in [3.63, 3.8) is 0 Å². The lowest BCUT2D eigenvalue weighted by Crippen LogP contribution is -2.18. The number of thiazole rings is 1. The van der Waals surface area contributed by atoms with Crippen LogP contribution < -0.4 is 10.2 Å². The third kappa shape index (κ3) is 7.48. The van der Waals surface area contributed by atoms with Crippen LogP contribution in [0.2, 0.25) is 0 Å². The van der Waals surface area contributed by atoms with Gasteiger partial charge >= 0.3 is 4.87 Å². The normalized spacial score (nSPS) is 11.9. The van der Waals surface area contributed by atoms with E-state index in [1.165, 1.54) is 0 Å². The van der Waals surface area contributed by atoms with E-state index in [4.69, 9.17) is 0 Å². The van der Waals surface area contributed by atoms with Crippen molar-refractivity contribution < 1.29 is 13.5 Å². The molecule has 0 aliphatic carbocycles. The molecule has 0 spiro atoms. The third-order valence-corrected chi connectivity index (χ3v) is 8.01. The predicted octanol–water partition coefficient (Wildman–Crippen LogP) is 3.65. The number of phenols is 1. The Morgan fingerprint density at radius 1 is 0.903 bits per heavy atom. The number of H-pyrrole nitrogens is 1. The summed E-state index contributed by atoms with van der Waals surface area (Å²) in [6.45, 7) is 1.67. The molecule has 0 saturated heterocycles. The zero-order valence-corrected chi connectivity index (χ0v) is 19.2. The number of rotatable bonds is 13. The van der Waals surface area contributed by atoms with Crippen LogP contribution in [0.3, 0.4) is 0 Å². The van der Waals surface area contributed by atoms with Gasteiger partial charge in [-0.15, -0.1) is 0 Å². The highest BCUT2D eigenvalue weighted by atomic mass is 32.2. The van der Waals surface area contributed by atoms with Gasteiger partial charge in [0.1, 0.15) is 11.3 Å². The number of nitrogens with one attached hydrogen (secondary N) is 2. The number of benzene rings is 2. The first kappa shape index (κ1) is 23.5. The van der Waals surface area contributed by atoms with Crippen molar-refractivity contribution in [2.24, 2.45) is 0 Å². The summed E-state index contributed by atoms with van der Waals surface area (Å²) in [7, 11) is -2.99. The van der Waals surface area contributed by atoms with Crippen LogP contribution in [-0.2, 0) is 22.7 Å². The zero-order chi connectivity index (χ0) is 22.1. The topological polar surface area (TPSA) is 99.3 Å². The Morgan fingerprint density at radius 2 is 1.68 bits per heavy atom. The van der Waals surface area contributed by atoms with Gasteiger partial charge in [0.05, 0.1) is 16.2 Å². The summed E-state index contributed by atoms with van der Waals surface area (Å²) in [5.74, 6) is 0.593. The fraction of sp³-hybridized carbons (Fsp3) is 0.435. The largest absolute Gasteiger partial charge is 0.506 e.